The summed E-state index contributed by atoms with van der Waals surface area (Å²) in [4.78, 5) is 5.36. The van der Waals surface area contributed by atoms with Gasteiger partial charge in [0.15, 0.2) is 0 Å². The van der Waals surface area contributed by atoms with Gasteiger partial charge in [-0.1, -0.05) is 15.9 Å². The lowest BCUT2D eigenvalue weighted by atomic mass is 9.88. The van der Waals surface area contributed by atoms with Crippen molar-refractivity contribution in [1.29, 1.82) is 0 Å². The van der Waals surface area contributed by atoms with Crippen LogP contribution < -0.4 is 5.48 Å². The van der Waals surface area contributed by atoms with Crippen molar-refractivity contribution in [2.24, 2.45) is 5.92 Å². The van der Waals surface area contributed by atoms with Crippen LogP contribution in [-0.4, -0.2) is 6.10 Å². The van der Waals surface area contributed by atoms with Crippen LogP contribution in [0.25, 0.3) is 0 Å². The van der Waals surface area contributed by atoms with E-state index in [9.17, 15) is 4.39 Å². The molecule has 2 aliphatic rings. The second kappa shape index (κ2) is 3.03. The first-order valence-electron chi connectivity index (χ1n) is 4.99. The molecule has 0 aromatic heterocycles. The molecule has 2 nitrogen and oxygen atoms in total. The van der Waals surface area contributed by atoms with E-state index in [1.54, 1.807) is 6.07 Å². The van der Waals surface area contributed by atoms with Gasteiger partial charge >= 0.3 is 0 Å². The van der Waals surface area contributed by atoms with Crippen molar-refractivity contribution in [2.75, 3.05) is 0 Å². The highest BCUT2D eigenvalue weighted by atomic mass is 79.9. The second-order valence-corrected chi connectivity index (χ2v) is 5.34. The van der Waals surface area contributed by atoms with Crippen molar-refractivity contribution in [3.63, 3.8) is 0 Å². The minimum atomic E-state index is -0.376. The van der Waals surface area contributed by atoms with E-state index in [2.05, 4.69) is 21.4 Å². The molecule has 0 amide bonds. The Balaban J connectivity index is 2.08. The maximum absolute atomic E-state index is 13.7. The van der Waals surface area contributed by atoms with Crippen LogP contribution in [0.3, 0.4) is 0 Å². The van der Waals surface area contributed by atoms with Gasteiger partial charge in [0, 0.05) is 16.0 Å². The molecule has 1 heterocycles. The van der Waals surface area contributed by atoms with E-state index in [0.29, 0.717) is 11.5 Å². The second-order valence-electron chi connectivity index (χ2n) is 4.43. The van der Waals surface area contributed by atoms with Gasteiger partial charge in [0.05, 0.1) is 11.6 Å². The molecule has 0 bridgehead atoms. The van der Waals surface area contributed by atoms with Crippen molar-refractivity contribution >= 4 is 15.9 Å². The molecule has 0 radical (unpaired) electrons. The summed E-state index contributed by atoms with van der Waals surface area (Å²) in [6.07, 6.45) is 1.29. The van der Waals surface area contributed by atoms with Crippen molar-refractivity contribution < 1.29 is 9.23 Å². The van der Waals surface area contributed by atoms with Crippen LogP contribution in [0.4, 0.5) is 4.39 Å². The van der Waals surface area contributed by atoms with Crippen LogP contribution in [0.2, 0.25) is 0 Å². The van der Waals surface area contributed by atoms with E-state index in [-0.39, 0.29) is 17.5 Å². The summed E-state index contributed by atoms with van der Waals surface area (Å²) in [5, 5.41) is 0. The number of hydrogen-bond acceptors (Lipinski definition) is 2. The summed E-state index contributed by atoms with van der Waals surface area (Å²) in [6.45, 7) is 2.00. The number of hydroxylamine groups is 1. The third kappa shape index (κ3) is 1.35. The summed E-state index contributed by atoms with van der Waals surface area (Å²) >= 11 is 3.37. The van der Waals surface area contributed by atoms with Gasteiger partial charge in [-0.05, 0) is 31.5 Å². The van der Waals surface area contributed by atoms with E-state index < -0.39 is 0 Å². The number of benzene rings is 1. The van der Waals surface area contributed by atoms with E-state index >= 15 is 0 Å². The number of fused-ring (bicyclic) bond motifs is 1. The Kier molecular flexibility index (Phi) is 1.97. The third-order valence-electron chi connectivity index (χ3n) is 3.38. The SMILES string of the molecule is C[C@@]1(c2cc(Br)ccc2F)NO[C@H]2C[C@H]21. The average molecular weight is 272 g/mol. The molecule has 1 N–H and O–H groups in total. The maximum atomic E-state index is 13.7. The molecule has 1 aliphatic carbocycles. The highest BCUT2D eigenvalue weighted by Gasteiger charge is 2.59. The van der Waals surface area contributed by atoms with Gasteiger partial charge in [-0.3, -0.25) is 4.84 Å². The molecule has 4 heteroatoms. The smallest absolute Gasteiger partial charge is 0.128 e. The number of nitrogens with one attached hydrogen (secondary N) is 1. The predicted octanol–water partition coefficient (Wildman–Crippen LogP) is 2.73. The summed E-state index contributed by atoms with van der Waals surface area (Å²) < 4.78 is 14.6. The van der Waals surface area contributed by atoms with Gasteiger partial charge in [0.25, 0.3) is 0 Å². The van der Waals surface area contributed by atoms with Crippen LogP contribution in [-0.2, 0) is 10.4 Å². The molecule has 80 valence electrons. The van der Waals surface area contributed by atoms with Gasteiger partial charge in [-0.15, -0.1) is 0 Å². The maximum Gasteiger partial charge on any atom is 0.128 e. The standard InChI is InChI=1S/C11H11BrFNO/c1-11(8-5-10(8)15-14-11)7-4-6(12)2-3-9(7)13/h2-4,8,10,14H,5H2,1H3/t8-,10+,11+/m1/s1. The minimum absolute atomic E-state index is 0.177. The molecular weight excluding hydrogens is 261 g/mol. The highest BCUT2D eigenvalue weighted by Crippen LogP contribution is 2.52. The molecule has 2 fully saturated rings. The summed E-state index contributed by atoms with van der Waals surface area (Å²) in [7, 11) is 0. The fourth-order valence-electron chi connectivity index (χ4n) is 2.33. The molecule has 0 spiro atoms. The van der Waals surface area contributed by atoms with Crippen LogP contribution in [0, 0.1) is 11.7 Å². The fraction of sp³-hybridized carbons (Fsp3) is 0.455. The van der Waals surface area contributed by atoms with Gasteiger partial charge in [-0.25, -0.2) is 4.39 Å². The molecule has 15 heavy (non-hydrogen) atoms. The molecule has 3 rings (SSSR count). The third-order valence-corrected chi connectivity index (χ3v) is 3.88. The van der Waals surface area contributed by atoms with E-state index in [0.717, 1.165) is 10.9 Å². The van der Waals surface area contributed by atoms with Crippen molar-refractivity contribution in [3.05, 3.63) is 34.1 Å². The van der Waals surface area contributed by atoms with Crippen molar-refractivity contribution in [1.82, 2.24) is 5.48 Å². The van der Waals surface area contributed by atoms with Gasteiger partial charge in [0.1, 0.15) is 5.82 Å². The first kappa shape index (κ1) is 9.75. The lowest BCUT2D eigenvalue weighted by molar-refractivity contribution is 0.0212. The molecular formula is C11H11BrFNO. The Morgan fingerprint density at radius 1 is 1.60 bits per heavy atom. The Labute approximate surface area is 95.9 Å². The predicted molar refractivity (Wildman–Crippen MR) is 57.6 cm³/mol. The summed E-state index contributed by atoms with van der Waals surface area (Å²) in [5.41, 5.74) is 3.26. The zero-order valence-electron chi connectivity index (χ0n) is 8.26. The normalized spacial score (nSPS) is 37.8. The van der Waals surface area contributed by atoms with Gasteiger partial charge in [0.2, 0.25) is 0 Å². The molecule has 1 saturated heterocycles. The average Bonchev–Trinajstić information content (AvgIpc) is 2.92. The fourth-order valence-corrected chi connectivity index (χ4v) is 2.69. The topological polar surface area (TPSA) is 21.3 Å². The number of rotatable bonds is 1. The number of hydrogen-bond donors (Lipinski definition) is 1. The van der Waals surface area contributed by atoms with Gasteiger partial charge < -0.3 is 0 Å². The minimum Gasteiger partial charge on any atom is -0.297 e. The lowest BCUT2D eigenvalue weighted by Gasteiger charge is -2.26. The molecule has 0 unspecified atom stereocenters. The first-order chi connectivity index (χ1) is 7.11. The van der Waals surface area contributed by atoms with Gasteiger partial charge in [-0.2, -0.15) is 5.48 Å². The van der Waals surface area contributed by atoms with Crippen molar-refractivity contribution in [3.8, 4) is 0 Å². The zero-order chi connectivity index (χ0) is 10.6. The van der Waals surface area contributed by atoms with Crippen LogP contribution in [0.5, 0.6) is 0 Å². The Morgan fingerprint density at radius 2 is 2.40 bits per heavy atom. The monoisotopic (exact) mass is 271 g/mol. The van der Waals surface area contributed by atoms with E-state index in [4.69, 9.17) is 4.84 Å². The highest BCUT2D eigenvalue weighted by molar-refractivity contribution is 9.10. The summed E-state index contributed by atoms with van der Waals surface area (Å²) in [5.74, 6) is 0.227. The van der Waals surface area contributed by atoms with E-state index in [1.807, 2.05) is 13.0 Å². The Morgan fingerprint density at radius 3 is 3.00 bits per heavy atom. The van der Waals surface area contributed by atoms with Crippen LogP contribution in [0.15, 0.2) is 22.7 Å². The molecule has 1 saturated carbocycles. The lowest BCUT2D eigenvalue weighted by Crippen LogP contribution is -2.37. The largest absolute Gasteiger partial charge is 0.297 e. The Bertz CT molecular complexity index is 425. The quantitative estimate of drug-likeness (QED) is 0.848. The van der Waals surface area contributed by atoms with Crippen LogP contribution >= 0.6 is 15.9 Å². The molecule has 3 atom stereocenters. The van der Waals surface area contributed by atoms with Crippen molar-refractivity contribution in [2.45, 2.75) is 25.0 Å². The Hall–Kier alpha value is -0.450. The number of halogens is 2. The molecule has 1 aromatic rings. The summed E-state index contributed by atoms with van der Waals surface area (Å²) in [6, 6.07) is 5.02. The first-order valence-corrected chi connectivity index (χ1v) is 5.79. The zero-order valence-corrected chi connectivity index (χ0v) is 9.84. The molecule has 1 aliphatic heterocycles. The molecule has 1 aromatic carbocycles. The van der Waals surface area contributed by atoms with E-state index in [1.165, 1.54) is 6.07 Å². The van der Waals surface area contributed by atoms with Crippen LogP contribution in [0.1, 0.15) is 18.9 Å².